The lowest BCUT2D eigenvalue weighted by Gasteiger charge is -2.35. The van der Waals surface area contributed by atoms with Crippen LogP contribution in [0.1, 0.15) is 41.8 Å². The van der Waals surface area contributed by atoms with Gasteiger partial charge in [0.2, 0.25) is 0 Å². The molecular formula is C17H26N2O2S. The SMILES string of the molecule is O=C(NCC1CCN(CC2CCCCO2)CC1)c1cccs1. The van der Waals surface area contributed by atoms with Crippen molar-refractivity contribution in [2.24, 2.45) is 5.92 Å². The molecule has 2 saturated heterocycles. The van der Waals surface area contributed by atoms with Crippen LogP contribution < -0.4 is 5.32 Å². The second-order valence-corrected chi connectivity index (χ2v) is 7.37. The summed E-state index contributed by atoms with van der Waals surface area (Å²) in [6, 6.07) is 3.80. The zero-order valence-corrected chi connectivity index (χ0v) is 13.9. The Morgan fingerprint density at radius 1 is 1.32 bits per heavy atom. The number of ether oxygens (including phenoxy) is 1. The van der Waals surface area contributed by atoms with Gasteiger partial charge < -0.3 is 15.0 Å². The van der Waals surface area contributed by atoms with E-state index in [-0.39, 0.29) is 5.91 Å². The largest absolute Gasteiger partial charge is 0.377 e. The molecule has 2 fully saturated rings. The first-order valence-electron chi connectivity index (χ1n) is 8.47. The maximum atomic E-state index is 11.9. The van der Waals surface area contributed by atoms with Crippen molar-refractivity contribution >= 4 is 17.2 Å². The van der Waals surface area contributed by atoms with Crippen molar-refractivity contribution in [3.8, 4) is 0 Å². The Morgan fingerprint density at radius 3 is 2.86 bits per heavy atom. The highest BCUT2D eigenvalue weighted by molar-refractivity contribution is 7.12. The summed E-state index contributed by atoms with van der Waals surface area (Å²) < 4.78 is 5.83. The van der Waals surface area contributed by atoms with Gasteiger partial charge in [-0.3, -0.25) is 4.79 Å². The summed E-state index contributed by atoms with van der Waals surface area (Å²) in [5, 5.41) is 5.02. The number of likely N-dealkylation sites (tertiary alicyclic amines) is 1. The third kappa shape index (κ3) is 4.54. The maximum absolute atomic E-state index is 11.9. The van der Waals surface area contributed by atoms with Crippen LogP contribution in [-0.2, 0) is 4.74 Å². The van der Waals surface area contributed by atoms with E-state index in [0.29, 0.717) is 12.0 Å². The van der Waals surface area contributed by atoms with Gasteiger partial charge in [-0.05, 0) is 62.6 Å². The maximum Gasteiger partial charge on any atom is 0.261 e. The Labute approximate surface area is 136 Å². The van der Waals surface area contributed by atoms with Crippen LogP contribution in [0.15, 0.2) is 17.5 Å². The Morgan fingerprint density at radius 2 is 2.18 bits per heavy atom. The van der Waals surface area contributed by atoms with E-state index in [4.69, 9.17) is 4.74 Å². The summed E-state index contributed by atoms with van der Waals surface area (Å²) in [7, 11) is 0. The number of hydrogen-bond acceptors (Lipinski definition) is 4. The number of carbonyl (C=O) groups is 1. The summed E-state index contributed by atoms with van der Waals surface area (Å²) in [6.07, 6.45) is 6.56. The number of piperidine rings is 1. The molecule has 1 unspecified atom stereocenters. The van der Waals surface area contributed by atoms with E-state index in [9.17, 15) is 4.79 Å². The quantitative estimate of drug-likeness (QED) is 0.906. The van der Waals surface area contributed by atoms with Crippen LogP contribution in [0.5, 0.6) is 0 Å². The molecule has 0 radical (unpaired) electrons. The van der Waals surface area contributed by atoms with Crippen LogP contribution in [0.2, 0.25) is 0 Å². The molecule has 1 amide bonds. The highest BCUT2D eigenvalue weighted by Crippen LogP contribution is 2.20. The number of rotatable bonds is 5. The van der Waals surface area contributed by atoms with E-state index in [1.165, 1.54) is 43.4 Å². The Kier molecular flexibility index (Phi) is 5.87. The fourth-order valence-corrected chi connectivity index (χ4v) is 3.98. The Balaban J connectivity index is 1.34. The molecule has 4 nitrogen and oxygen atoms in total. The summed E-state index contributed by atoms with van der Waals surface area (Å²) in [4.78, 5) is 15.3. The van der Waals surface area contributed by atoms with E-state index in [1.54, 1.807) is 0 Å². The van der Waals surface area contributed by atoms with Gasteiger partial charge in [0.25, 0.3) is 5.91 Å². The molecule has 2 aliphatic heterocycles. The Hall–Kier alpha value is -0.910. The monoisotopic (exact) mass is 322 g/mol. The molecule has 5 heteroatoms. The fourth-order valence-electron chi connectivity index (χ4n) is 3.34. The summed E-state index contributed by atoms with van der Waals surface area (Å²) in [5.41, 5.74) is 0. The van der Waals surface area contributed by atoms with E-state index < -0.39 is 0 Å². The topological polar surface area (TPSA) is 41.6 Å². The molecule has 122 valence electrons. The molecule has 3 rings (SSSR count). The normalized spacial score (nSPS) is 24.3. The number of amides is 1. The molecule has 3 heterocycles. The average molecular weight is 322 g/mol. The van der Waals surface area contributed by atoms with Crippen LogP contribution >= 0.6 is 11.3 Å². The predicted molar refractivity (Wildman–Crippen MR) is 89.4 cm³/mol. The lowest BCUT2D eigenvalue weighted by Crippen LogP contribution is -2.42. The van der Waals surface area contributed by atoms with Crippen molar-refractivity contribution < 1.29 is 9.53 Å². The van der Waals surface area contributed by atoms with Crippen LogP contribution in [0.3, 0.4) is 0 Å². The first-order chi connectivity index (χ1) is 10.8. The number of nitrogens with one attached hydrogen (secondary N) is 1. The minimum absolute atomic E-state index is 0.0769. The number of carbonyl (C=O) groups excluding carboxylic acids is 1. The van der Waals surface area contributed by atoms with Gasteiger partial charge in [0.15, 0.2) is 0 Å². The fraction of sp³-hybridized carbons (Fsp3) is 0.706. The van der Waals surface area contributed by atoms with Gasteiger partial charge in [0.05, 0.1) is 11.0 Å². The van der Waals surface area contributed by atoms with Crippen molar-refractivity contribution in [3.63, 3.8) is 0 Å². The number of hydrogen-bond donors (Lipinski definition) is 1. The molecule has 0 aliphatic carbocycles. The zero-order valence-electron chi connectivity index (χ0n) is 13.1. The molecular weight excluding hydrogens is 296 g/mol. The highest BCUT2D eigenvalue weighted by Gasteiger charge is 2.23. The van der Waals surface area contributed by atoms with Crippen molar-refractivity contribution in [2.75, 3.05) is 32.8 Å². The van der Waals surface area contributed by atoms with Crippen molar-refractivity contribution in [1.82, 2.24) is 10.2 Å². The summed E-state index contributed by atoms with van der Waals surface area (Å²) >= 11 is 1.50. The van der Waals surface area contributed by atoms with Gasteiger partial charge in [0, 0.05) is 19.7 Å². The first-order valence-corrected chi connectivity index (χ1v) is 9.35. The average Bonchev–Trinajstić information content (AvgIpc) is 3.09. The van der Waals surface area contributed by atoms with Gasteiger partial charge in [-0.2, -0.15) is 0 Å². The van der Waals surface area contributed by atoms with Gasteiger partial charge >= 0.3 is 0 Å². The molecule has 1 atom stereocenters. The molecule has 0 bridgehead atoms. The lowest BCUT2D eigenvalue weighted by atomic mass is 9.96. The molecule has 22 heavy (non-hydrogen) atoms. The first kappa shape index (κ1) is 16.0. The summed E-state index contributed by atoms with van der Waals surface area (Å²) in [5.74, 6) is 0.695. The Bertz CT molecular complexity index is 449. The highest BCUT2D eigenvalue weighted by atomic mass is 32.1. The minimum atomic E-state index is 0.0769. The number of nitrogens with zero attached hydrogens (tertiary/aromatic N) is 1. The molecule has 1 aromatic rings. The van der Waals surface area contributed by atoms with Crippen molar-refractivity contribution in [3.05, 3.63) is 22.4 Å². The number of thiophene rings is 1. The molecule has 2 aliphatic rings. The van der Waals surface area contributed by atoms with E-state index in [1.807, 2.05) is 17.5 Å². The summed E-state index contributed by atoms with van der Waals surface area (Å²) in [6.45, 7) is 5.12. The molecule has 1 N–H and O–H groups in total. The standard InChI is InChI=1S/C17H26N2O2S/c20-17(16-5-3-11-22-16)18-12-14-6-8-19(9-7-14)13-15-4-1-2-10-21-15/h3,5,11,14-15H,1-2,4,6-10,12-13H2,(H,18,20). The zero-order chi connectivity index (χ0) is 15.2. The van der Waals surface area contributed by atoms with E-state index in [2.05, 4.69) is 10.2 Å². The van der Waals surface area contributed by atoms with Gasteiger partial charge in [-0.15, -0.1) is 11.3 Å². The third-order valence-corrected chi connectivity index (χ3v) is 5.61. The molecule has 0 saturated carbocycles. The van der Waals surface area contributed by atoms with Gasteiger partial charge in [0.1, 0.15) is 0 Å². The second kappa shape index (κ2) is 8.09. The van der Waals surface area contributed by atoms with Crippen LogP contribution in [0.25, 0.3) is 0 Å². The third-order valence-electron chi connectivity index (χ3n) is 4.74. The van der Waals surface area contributed by atoms with Gasteiger partial charge in [-0.25, -0.2) is 0 Å². The van der Waals surface area contributed by atoms with Crippen molar-refractivity contribution in [1.29, 1.82) is 0 Å². The van der Waals surface area contributed by atoms with Crippen molar-refractivity contribution in [2.45, 2.75) is 38.2 Å². The minimum Gasteiger partial charge on any atom is -0.377 e. The van der Waals surface area contributed by atoms with Crippen LogP contribution in [0, 0.1) is 5.92 Å². The molecule has 1 aromatic heterocycles. The van der Waals surface area contributed by atoms with E-state index >= 15 is 0 Å². The lowest BCUT2D eigenvalue weighted by molar-refractivity contribution is -0.0111. The molecule has 0 aromatic carbocycles. The molecule has 0 spiro atoms. The smallest absolute Gasteiger partial charge is 0.261 e. The second-order valence-electron chi connectivity index (χ2n) is 6.42. The van der Waals surface area contributed by atoms with Crippen LogP contribution in [-0.4, -0.2) is 49.7 Å². The predicted octanol–water partition coefficient (Wildman–Crippen LogP) is 2.76. The van der Waals surface area contributed by atoms with E-state index in [0.717, 1.165) is 37.7 Å². The van der Waals surface area contributed by atoms with Gasteiger partial charge in [-0.1, -0.05) is 6.07 Å². The van der Waals surface area contributed by atoms with Crippen LogP contribution in [0.4, 0.5) is 0 Å².